The summed E-state index contributed by atoms with van der Waals surface area (Å²) in [5, 5.41) is 4.18. The van der Waals surface area contributed by atoms with E-state index >= 15 is 0 Å². The maximum Gasteiger partial charge on any atom is 0.254 e. The Balaban J connectivity index is 1.48. The van der Waals surface area contributed by atoms with E-state index in [1.165, 1.54) is 0 Å². The Kier molecular flexibility index (Phi) is 5.91. The maximum absolute atomic E-state index is 13.8. The lowest BCUT2D eigenvalue weighted by Crippen LogP contribution is -2.48. The number of rotatable bonds is 4. The van der Waals surface area contributed by atoms with Gasteiger partial charge in [-0.2, -0.15) is 5.10 Å². The molecule has 0 aliphatic carbocycles. The molecule has 3 aromatic carbocycles. The van der Waals surface area contributed by atoms with Crippen LogP contribution in [0, 0.1) is 5.92 Å². The van der Waals surface area contributed by atoms with Crippen molar-refractivity contribution in [2.24, 2.45) is 11.0 Å². The molecule has 7 nitrogen and oxygen atoms in total. The van der Waals surface area contributed by atoms with E-state index in [1.807, 2.05) is 49.4 Å². The van der Waals surface area contributed by atoms with Crippen LogP contribution in [0.4, 0.5) is 5.69 Å². The Bertz CT molecular complexity index is 1350. The van der Waals surface area contributed by atoms with E-state index in [4.69, 9.17) is 5.73 Å². The third-order valence-electron chi connectivity index (χ3n) is 6.70. The zero-order chi connectivity index (χ0) is 24.5. The van der Waals surface area contributed by atoms with Gasteiger partial charge in [0.25, 0.3) is 5.91 Å². The normalized spacial score (nSPS) is 19.4. The second-order valence-corrected chi connectivity index (χ2v) is 9.09. The van der Waals surface area contributed by atoms with Crippen molar-refractivity contribution in [2.75, 3.05) is 5.73 Å². The van der Waals surface area contributed by atoms with Crippen molar-refractivity contribution in [2.45, 2.75) is 32.4 Å². The Morgan fingerprint density at radius 3 is 2.37 bits per heavy atom. The summed E-state index contributed by atoms with van der Waals surface area (Å²) in [7, 11) is 0. The maximum atomic E-state index is 13.8. The van der Waals surface area contributed by atoms with Crippen molar-refractivity contribution < 1.29 is 14.4 Å². The molecule has 3 aromatic rings. The second-order valence-electron chi connectivity index (χ2n) is 9.09. The number of nitrogen functional groups attached to an aromatic ring is 1. The van der Waals surface area contributed by atoms with Gasteiger partial charge in [-0.1, -0.05) is 61.5 Å². The molecule has 2 aliphatic rings. The fourth-order valence-electron chi connectivity index (χ4n) is 4.84. The van der Waals surface area contributed by atoms with Gasteiger partial charge in [-0.25, -0.2) is 5.43 Å². The minimum atomic E-state index is -0.645. The van der Waals surface area contributed by atoms with Crippen molar-refractivity contribution >= 4 is 29.0 Å². The number of nitrogens with one attached hydrogen (secondary N) is 1. The molecule has 2 aliphatic heterocycles. The average molecular weight is 467 g/mol. The largest absolute Gasteiger partial charge is 0.398 e. The van der Waals surface area contributed by atoms with E-state index in [1.54, 1.807) is 35.2 Å². The Morgan fingerprint density at radius 2 is 1.66 bits per heavy atom. The molecule has 2 heterocycles. The smallest absolute Gasteiger partial charge is 0.254 e. The number of amides is 2. The van der Waals surface area contributed by atoms with Gasteiger partial charge in [0.1, 0.15) is 0 Å². The number of fused-ring (bicyclic) bond motifs is 1. The van der Waals surface area contributed by atoms with Crippen LogP contribution in [0.2, 0.25) is 0 Å². The van der Waals surface area contributed by atoms with Crippen molar-refractivity contribution in [1.29, 1.82) is 0 Å². The lowest BCUT2D eigenvalue weighted by atomic mass is 9.87. The molecule has 2 amide bonds. The minimum Gasteiger partial charge on any atom is -0.398 e. The molecule has 2 atom stereocenters. The Morgan fingerprint density at radius 1 is 0.943 bits per heavy atom. The predicted molar refractivity (Wildman–Crippen MR) is 134 cm³/mol. The highest BCUT2D eigenvalue weighted by Gasteiger charge is 2.35. The van der Waals surface area contributed by atoms with Crippen molar-refractivity contribution in [3.05, 3.63) is 101 Å². The van der Waals surface area contributed by atoms with Crippen LogP contribution in [0.15, 0.2) is 77.9 Å². The van der Waals surface area contributed by atoms with Crippen molar-refractivity contribution in [3.8, 4) is 0 Å². The molecule has 0 saturated carbocycles. The zero-order valence-electron chi connectivity index (χ0n) is 19.4. The summed E-state index contributed by atoms with van der Waals surface area (Å²) in [6.45, 7) is 2.28. The summed E-state index contributed by atoms with van der Waals surface area (Å²) in [4.78, 5) is 40.5. The fourth-order valence-corrected chi connectivity index (χ4v) is 4.84. The van der Waals surface area contributed by atoms with Crippen LogP contribution in [0.5, 0.6) is 0 Å². The predicted octanol–water partition coefficient (Wildman–Crippen LogP) is 3.58. The molecule has 0 fully saturated rings. The van der Waals surface area contributed by atoms with Gasteiger partial charge in [0.2, 0.25) is 5.91 Å². The number of hydrazone groups is 1. The third kappa shape index (κ3) is 4.33. The number of carbonyl (C=O) groups excluding carboxylic acids is 3. The first-order valence-corrected chi connectivity index (χ1v) is 11.7. The van der Waals surface area contributed by atoms with Gasteiger partial charge in [-0.15, -0.1) is 0 Å². The number of nitrogens with zero attached hydrogens (tertiary/aromatic N) is 2. The van der Waals surface area contributed by atoms with Gasteiger partial charge in [0.05, 0.1) is 11.8 Å². The molecule has 35 heavy (non-hydrogen) atoms. The van der Waals surface area contributed by atoms with E-state index in [2.05, 4.69) is 10.5 Å². The Labute approximate surface area is 203 Å². The first-order valence-electron chi connectivity index (χ1n) is 11.7. The average Bonchev–Trinajstić information content (AvgIpc) is 2.88. The summed E-state index contributed by atoms with van der Waals surface area (Å²) in [5.74, 6) is -0.549. The van der Waals surface area contributed by atoms with Gasteiger partial charge in [-0.3, -0.25) is 14.4 Å². The molecule has 176 valence electrons. The van der Waals surface area contributed by atoms with E-state index < -0.39 is 6.04 Å². The molecule has 0 saturated heterocycles. The van der Waals surface area contributed by atoms with Gasteiger partial charge in [0, 0.05) is 47.7 Å². The summed E-state index contributed by atoms with van der Waals surface area (Å²) >= 11 is 0. The van der Waals surface area contributed by atoms with E-state index in [0.717, 1.165) is 11.1 Å². The van der Waals surface area contributed by atoms with Crippen molar-refractivity contribution in [3.63, 3.8) is 0 Å². The molecule has 0 bridgehead atoms. The number of benzene rings is 3. The van der Waals surface area contributed by atoms with Gasteiger partial charge in [-0.05, 0) is 29.3 Å². The van der Waals surface area contributed by atoms with Crippen LogP contribution < -0.4 is 11.2 Å². The van der Waals surface area contributed by atoms with Crippen LogP contribution in [0.25, 0.3) is 0 Å². The minimum absolute atomic E-state index is 0.0820. The number of ketones is 1. The molecular formula is C28H26N4O3. The summed E-state index contributed by atoms with van der Waals surface area (Å²) < 4.78 is 0. The topological polar surface area (TPSA) is 105 Å². The number of anilines is 1. The standard InChI is InChI=1S/C28H26N4O3/c1-17-13-25(33)30-31-26(17)22-12-11-20(14-23(22)29)27(34)24-15-19-9-5-6-10-21(19)16-32(24)28(35)18-7-3-2-4-8-18/h2-12,14,17,24H,13,15-16,29H2,1H3,(H,30,33). The van der Waals surface area contributed by atoms with Crippen molar-refractivity contribution in [1.82, 2.24) is 10.3 Å². The molecule has 7 heteroatoms. The third-order valence-corrected chi connectivity index (χ3v) is 6.70. The zero-order valence-corrected chi connectivity index (χ0v) is 19.4. The van der Waals surface area contributed by atoms with Gasteiger partial charge in [0.15, 0.2) is 5.78 Å². The second kappa shape index (κ2) is 9.18. The number of nitrogens with two attached hydrogens (primary N) is 1. The van der Waals surface area contributed by atoms with E-state index in [0.29, 0.717) is 47.5 Å². The van der Waals surface area contributed by atoms with Crippen LogP contribution >= 0.6 is 0 Å². The van der Waals surface area contributed by atoms with E-state index in [-0.39, 0.29) is 23.5 Å². The van der Waals surface area contributed by atoms with Crippen LogP contribution in [-0.4, -0.2) is 34.3 Å². The first kappa shape index (κ1) is 22.5. The molecule has 0 spiro atoms. The van der Waals surface area contributed by atoms with Crippen LogP contribution in [0.1, 0.15) is 50.8 Å². The lowest BCUT2D eigenvalue weighted by molar-refractivity contribution is -0.121. The summed E-state index contributed by atoms with van der Waals surface area (Å²) in [6, 6.07) is 21.4. The molecule has 5 rings (SSSR count). The first-order chi connectivity index (χ1) is 16.9. The summed E-state index contributed by atoms with van der Waals surface area (Å²) in [6.07, 6.45) is 0.766. The van der Waals surface area contributed by atoms with Crippen LogP contribution in [0.3, 0.4) is 0 Å². The van der Waals surface area contributed by atoms with Gasteiger partial charge < -0.3 is 10.6 Å². The Hall–Kier alpha value is -4.26. The molecular weight excluding hydrogens is 440 g/mol. The number of Topliss-reactive ketones (excluding diaryl/α,β-unsaturated/α-hetero) is 1. The van der Waals surface area contributed by atoms with Gasteiger partial charge >= 0.3 is 0 Å². The highest BCUT2D eigenvalue weighted by Crippen LogP contribution is 2.29. The lowest BCUT2D eigenvalue weighted by Gasteiger charge is -2.36. The quantitative estimate of drug-likeness (QED) is 0.453. The monoisotopic (exact) mass is 466 g/mol. The van der Waals surface area contributed by atoms with E-state index in [9.17, 15) is 14.4 Å². The molecule has 3 N–H and O–H groups in total. The SMILES string of the molecule is CC1CC(=O)NN=C1c1ccc(C(=O)C2Cc3ccccc3CN2C(=O)c2ccccc2)cc1N. The summed E-state index contributed by atoms with van der Waals surface area (Å²) in [5.41, 5.74) is 13.7. The fraction of sp³-hybridized carbons (Fsp3) is 0.214. The molecule has 2 unspecified atom stereocenters. The number of hydrogen-bond acceptors (Lipinski definition) is 5. The highest BCUT2D eigenvalue weighted by molar-refractivity contribution is 6.11. The number of hydrogen-bond donors (Lipinski definition) is 2. The molecule has 0 radical (unpaired) electrons. The number of carbonyl (C=O) groups is 3. The van der Waals surface area contributed by atoms with Crippen LogP contribution in [-0.2, 0) is 17.8 Å². The highest BCUT2D eigenvalue weighted by atomic mass is 16.2. The molecule has 0 aromatic heterocycles.